The highest BCUT2D eigenvalue weighted by Gasteiger charge is 1.94. The predicted octanol–water partition coefficient (Wildman–Crippen LogP) is 1.60. The van der Waals surface area contributed by atoms with Crippen molar-refractivity contribution in [2.24, 2.45) is 0 Å². The van der Waals surface area contributed by atoms with E-state index in [1.807, 2.05) is 0 Å². The minimum absolute atomic E-state index is 0.262. The van der Waals surface area contributed by atoms with Crippen molar-refractivity contribution in [3.63, 3.8) is 0 Å². The van der Waals surface area contributed by atoms with Crippen molar-refractivity contribution < 1.29 is 4.74 Å². The summed E-state index contributed by atoms with van der Waals surface area (Å²) in [5.41, 5.74) is 0. The van der Waals surface area contributed by atoms with Crippen LogP contribution in [0.2, 0.25) is 0 Å². The van der Waals surface area contributed by atoms with Gasteiger partial charge < -0.3 is 4.74 Å². The molecule has 0 spiro atoms. The van der Waals surface area contributed by atoms with Crippen LogP contribution in [-0.4, -0.2) is 13.7 Å². The number of methoxy groups -OCH3 is 1. The Bertz CT molecular complexity index is 30.0. The zero-order valence-corrected chi connectivity index (χ0v) is 4.88. The van der Waals surface area contributed by atoms with Gasteiger partial charge in [-0.2, -0.15) is 0 Å². The van der Waals surface area contributed by atoms with Gasteiger partial charge in [0.25, 0.3) is 0 Å². The van der Waals surface area contributed by atoms with Gasteiger partial charge in [-0.3, -0.25) is 0 Å². The average Bonchev–Trinajstić information content (AvgIpc) is 1.35. The van der Waals surface area contributed by atoms with Crippen LogP contribution in [0.25, 0.3) is 0 Å². The van der Waals surface area contributed by atoms with Crippen molar-refractivity contribution in [2.45, 2.75) is 0 Å². The molecule has 1 nitrogen and oxygen atoms in total. The maximum absolute atomic E-state index is 5.13. The Balaban J connectivity index is 2.63. The summed E-state index contributed by atoms with van der Waals surface area (Å²) in [6, 6.07) is 0. The molecule has 0 aromatic heterocycles. The highest BCUT2D eigenvalue weighted by molar-refractivity contribution is 6.52. The monoisotopic (exact) mass is 127 g/mol. The Kier molecular flexibility index (Phi) is 4.06. The van der Waals surface area contributed by atoms with Crippen molar-refractivity contribution in [1.82, 2.24) is 0 Å². The summed E-state index contributed by atoms with van der Waals surface area (Å²) in [7, 11) is 1.53. The molecule has 0 aromatic rings. The Morgan fingerprint density at radius 3 is 2.17 bits per heavy atom. The Morgan fingerprint density at radius 2 is 2.17 bits per heavy atom. The molecule has 0 saturated heterocycles. The van der Waals surface area contributed by atoms with E-state index in [4.69, 9.17) is 23.2 Å². The average molecular weight is 128 g/mol. The maximum atomic E-state index is 5.13. The van der Waals surface area contributed by atoms with Crippen LogP contribution in [0.3, 0.4) is 0 Å². The van der Waals surface area contributed by atoms with Gasteiger partial charge in [0.2, 0.25) is 0 Å². The van der Waals surface area contributed by atoms with E-state index in [1.54, 1.807) is 0 Å². The van der Waals surface area contributed by atoms with Crippen molar-refractivity contribution in [1.29, 1.82) is 0 Å². The molecule has 0 bridgehead atoms. The first-order valence-electron chi connectivity index (χ1n) is 1.43. The summed E-state index contributed by atoms with van der Waals surface area (Å²) in [6.07, 6.45) is 0. The van der Waals surface area contributed by atoms with Crippen LogP contribution in [0.1, 0.15) is 0 Å². The van der Waals surface area contributed by atoms with E-state index in [1.165, 1.54) is 7.11 Å². The lowest BCUT2D eigenvalue weighted by Gasteiger charge is -1.91. The Hall–Kier alpha value is 0.540. The zero-order chi connectivity index (χ0) is 4.99. The number of ether oxygens (including phenoxy) is 1. The van der Waals surface area contributed by atoms with Gasteiger partial charge in [-0.25, -0.2) is 0 Å². The molecule has 0 aliphatic rings. The van der Waals surface area contributed by atoms with E-state index in [0.717, 1.165) is 0 Å². The number of hydrogen-bond donors (Lipinski definition) is 0. The van der Waals surface area contributed by atoms with Crippen LogP contribution >= 0.6 is 23.2 Å². The molecule has 0 aromatic carbocycles. The Morgan fingerprint density at radius 1 is 1.67 bits per heavy atom. The fourth-order valence-corrected chi connectivity index (χ4v) is 0.327. The molecular formula is C3H5Cl2O. The molecule has 0 atom stereocenters. The van der Waals surface area contributed by atoms with E-state index >= 15 is 0 Å². The molecule has 0 heterocycles. The van der Waals surface area contributed by atoms with Gasteiger partial charge in [0.1, 0.15) is 0 Å². The van der Waals surface area contributed by atoms with E-state index in [-0.39, 0.29) is 4.84 Å². The summed E-state index contributed by atoms with van der Waals surface area (Å²) in [6.45, 7) is 0.323. The molecule has 0 rings (SSSR count). The zero-order valence-electron chi connectivity index (χ0n) is 3.37. The molecule has 3 heteroatoms. The molecule has 0 N–H and O–H groups in total. The summed E-state index contributed by atoms with van der Waals surface area (Å²) in [4.78, 5) is 0.262. The normalized spacial score (nSPS) is 10.0. The third kappa shape index (κ3) is 4.54. The lowest BCUT2D eigenvalue weighted by Crippen LogP contribution is -1.88. The van der Waals surface area contributed by atoms with Gasteiger partial charge in [-0.1, -0.05) is 23.2 Å². The maximum Gasteiger partial charge on any atom is 0.176 e. The smallest absolute Gasteiger partial charge is 0.176 e. The lowest BCUT2D eigenvalue weighted by atomic mass is 10.9. The summed E-state index contributed by atoms with van der Waals surface area (Å²) < 4.78 is 4.50. The third-order valence-electron chi connectivity index (χ3n) is 0.253. The quantitative estimate of drug-likeness (QED) is 0.548. The van der Waals surface area contributed by atoms with E-state index in [9.17, 15) is 0 Å². The molecule has 37 valence electrons. The van der Waals surface area contributed by atoms with Crippen LogP contribution in [0, 0.1) is 4.84 Å². The largest absolute Gasteiger partial charge is 0.381 e. The fourth-order valence-electron chi connectivity index (χ4n) is 0.109. The van der Waals surface area contributed by atoms with E-state index in [2.05, 4.69) is 4.74 Å². The molecule has 0 aliphatic carbocycles. The second-order valence-corrected chi connectivity index (χ2v) is 1.88. The van der Waals surface area contributed by atoms with Gasteiger partial charge in [-0.05, 0) is 0 Å². The van der Waals surface area contributed by atoms with Crippen LogP contribution in [-0.2, 0) is 4.74 Å². The topological polar surface area (TPSA) is 9.23 Å². The molecule has 0 fully saturated rings. The number of halogens is 2. The first kappa shape index (κ1) is 6.54. The second-order valence-electron chi connectivity index (χ2n) is 0.772. The number of hydrogen-bond acceptors (Lipinski definition) is 1. The van der Waals surface area contributed by atoms with Crippen LogP contribution in [0.4, 0.5) is 0 Å². The summed E-state index contributed by atoms with van der Waals surface area (Å²) >= 11 is 10.3. The van der Waals surface area contributed by atoms with Gasteiger partial charge in [-0.15, -0.1) is 0 Å². The lowest BCUT2D eigenvalue weighted by molar-refractivity contribution is 0.225. The molecule has 6 heavy (non-hydrogen) atoms. The molecule has 1 radical (unpaired) electrons. The fraction of sp³-hybridized carbons (Fsp3) is 0.667. The first-order valence-corrected chi connectivity index (χ1v) is 2.18. The van der Waals surface area contributed by atoms with Crippen LogP contribution in [0.5, 0.6) is 0 Å². The van der Waals surface area contributed by atoms with E-state index in [0.29, 0.717) is 6.61 Å². The minimum Gasteiger partial charge on any atom is -0.381 e. The van der Waals surface area contributed by atoms with Crippen molar-refractivity contribution >= 4 is 23.2 Å². The molecule has 0 aliphatic heterocycles. The van der Waals surface area contributed by atoms with Crippen molar-refractivity contribution in [3.8, 4) is 0 Å². The SMILES string of the molecule is COC[C](Cl)Cl. The van der Waals surface area contributed by atoms with Crippen LogP contribution < -0.4 is 0 Å². The highest BCUT2D eigenvalue weighted by Crippen LogP contribution is 2.09. The summed E-state index contributed by atoms with van der Waals surface area (Å²) in [5, 5.41) is 0. The van der Waals surface area contributed by atoms with Gasteiger partial charge in [0, 0.05) is 7.11 Å². The van der Waals surface area contributed by atoms with Gasteiger partial charge in [0.05, 0.1) is 6.61 Å². The highest BCUT2D eigenvalue weighted by atomic mass is 35.5. The third-order valence-corrected chi connectivity index (χ3v) is 0.472. The van der Waals surface area contributed by atoms with Gasteiger partial charge in [0.15, 0.2) is 4.84 Å². The summed E-state index contributed by atoms with van der Waals surface area (Å²) in [5.74, 6) is 0. The van der Waals surface area contributed by atoms with Gasteiger partial charge >= 0.3 is 0 Å². The molecule has 0 unspecified atom stereocenters. The minimum atomic E-state index is 0.262. The standard InChI is InChI=1S/C3H5Cl2O/c1-6-2-3(4)5/h2H2,1H3. The molecule has 0 saturated carbocycles. The van der Waals surface area contributed by atoms with E-state index < -0.39 is 0 Å². The number of rotatable bonds is 2. The first-order chi connectivity index (χ1) is 2.77. The van der Waals surface area contributed by atoms with Crippen molar-refractivity contribution in [2.75, 3.05) is 13.7 Å². The second kappa shape index (κ2) is 3.72. The predicted molar refractivity (Wildman–Crippen MR) is 26.8 cm³/mol. The molecular weight excluding hydrogens is 123 g/mol. The Labute approximate surface area is 47.2 Å². The van der Waals surface area contributed by atoms with Crippen molar-refractivity contribution in [3.05, 3.63) is 4.84 Å². The van der Waals surface area contributed by atoms with Crippen LogP contribution in [0.15, 0.2) is 0 Å². The molecule has 0 amide bonds.